The Morgan fingerprint density at radius 3 is 2.52 bits per heavy atom. The second-order valence-corrected chi connectivity index (χ2v) is 5.95. The van der Waals surface area contributed by atoms with E-state index in [-0.39, 0.29) is 0 Å². The van der Waals surface area contributed by atoms with Crippen molar-refractivity contribution in [1.82, 2.24) is 4.98 Å². The molecule has 0 bridgehead atoms. The summed E-state index contributed by atoms with van der Waals surface area (Å²) >= 11 is 1.20. The number of halogens is 5. The van der Waals surface area contributed by atoms with Crippen molar-refractivity contribution in [3.8, 4) is 17.0 Å². The van der Waals surface area contributed by atoms with E-state index in [0.29, 0.717) is 23.0 Å². The molecule has 0 atom stereocenters. The van der Waals surface area contributed by atoms with Gasteiger partial charge in [-0.2, -0.15) is 5.10 Å². The van der Waals surface area contributed by atoms with Crippen molar-refractivity contribution in [1.29, 1.82) is 0 Å². The highest BCUT2D eigenvalue weighted by Gasteiger charge is 2.33. The highest BCUT2D eigenvalue weighted by Crippen LogP contribution is 2.28. The molecule has 1 N–H and O–H groups in total. The Kier molecular flexibility index (Phi) is 5.36. The van der Waals surface area contributed by atoms with Crippen LogP contribution in [0, 0.1) is 11.6 Å². The van der Waals surface area contributed by atoms with Crippen LogP contribution in [0.15, 0.2) is 52.9 Å². The lowest BCUT2D eigenvalue weighted by Gasteiger charge is -2.10. The Morgan fingerprint density at radius 1 is 1.07 bits per heavy atom. The molecule has 0 amide bonds. The maximum atomic E-state index is 14.0. The minimum absolute atomic E-state index is 0.341. The molecule has 0 spiro atoms. The third-order valence-corrected chi connectivity index (χ3v) is 3.99. The van der Waals surface area contributed by atoms with Crippen molar-refractivity contribution in [2.45, 2.75) is 6.36 Å². The molecule has 10 heteroatoms. The molecule has 0 radical (unpaired) electrons. The summed E-state index contributed by atoms with van der Waals surface area (Å²) in [5.74, 6) is -3.75. The Labute approximate surface area is 153 Å². The molecule has 3 aromatic rings. The number of anilines is 1. The number of nitrogens with one attached hydrogen (secondary N) is 1. The highest BCUT2D eigenvalue weighted by atomic mass is 32.1. The highest BCUT2D eigenvalue weighted by molar-refractivity contribution is 7.14. The first-order valence-electron chi connectivity index (χ1n) is 7.37. The minimum atomic E-state index is -5.10. The van der Waals surface area contributed by atoms with Crippen LogP contribution in [0.1, 0.15) is 5.56 Å². The van der Waals surface area contributed by atoms with E-state index in [9.17, 15) is 22.0 Å². The summed E-state index contributed by atoms with van der Waals surface area (Å²) in [5.41, 5.74) is 3.26. The van der Waals surface area contributed by atoms with Crippen molar-refractivity contribution >= 4 is 22.7 Å². The minimum Gasteiger partial charge on any atom is -0.403 e. The zero-order valence-electron chi connectivity index (χ0n) is 13.3. The van der Waals surface area contributed by atoms with Gasteiger partial charge in [0.05, 0.1) is 17.5 Å². The molecule has 0 aliphatic carbocycles. The van der Waals surface area contributed by atoms with Gasteiger partial charge in [0, 0.05) is 10.9 Å². The van der Waals surface area contributed by atoms with Crippen molar-refractivity contribution < 1.29 is 26.7 Å². The van der Waals surface area contributed by atoms with Crippen LogP contribution < -0.4 is 10.2 Å². The van der Waals surface area contributed by atoms with Gasteiger partial charge in [-0.05, 0) is 12.1 Å². The van der Waals surface area contributed by atoms with Gasteiger partial charge in [-0.1, -0.05) is 30.3 Å². The molecule has 1 aromatic heterocycles. The van der Waals surface area contributed by atoms with E-state index >= 15 is 0 Å². The van der Waals surface area contributed by atoms with Crippen LogP contribution in [-0.4, -0.2) is 17.6 Å². The fourth-order valence-electron chi connectivity index (χ4n) is 2.09. The van der Waals surface area contributed by atoms with Gasteiger partial charge in [-0.15, -0.1) is 24.5 Å². The fourth-order valence-corrected chi connectivity index (χ4v) is 2.76. The zero-order valence-corrected chi connectivity index (χ0v) is 14.1. The Bertz CT molecular complexity index is 957. The largest absolute Gasteiger partial charge is 0.573 e. The smallest absolute Gasteiger partial charge is 0.403 e. The van der Waals surface area contributed by atoms with Gasteiger partial charge in [0.2, 0.25) is 5.13 Å². The fraction of sp³-hybridized carbons (Fsp3) is 0.0588. The van der Waals surface area contributed by atoms with Crippen LogP contribution in [0.4, 0.5) is 27.1 Å². The van der Waals surface area contributed by atoms with Crippen LogP contribution in [-0.2, 0) is 0 Å². The first-order chi connectivity index (χ1) is 12.8. The summed E-state index contributed by atoms with van der Waals surface area (Å²) < 4.78 is 67.9. The number of thiazole rings is 1. The number of hydrazone groups is 1. The summed E-state index contributed by atoms with van der Waals surface area (Å²) in [6, 6.07) is 10.5. The maximum absolute atomic E-state index is 14.0. The average molecular weight is 399 g/mol. The summed E-state index contributed by atoms with van der Waals surface area (Å²) in [6.45, 7) is 0. The van der Waals surface area contributed by atoms with E-state index in [2.05, 4.69) is 20.2 Å². The van der Waals surface area contributed by atoms with Gasteiger partial charge in [0.1, 0.15) is 5.82 Å². The van der Waals surface area contributed by atoms with Gasteiger partial charge in [0.15, 0.2) is 11.6 Å². The van der Waals surface area contributed by atoms with E-state index in [1.54, 1.807) is 5.38 Å². The number of alkyl halides is 3. The Hall–Kier alpha value is -3.01. The van der Waals surface area contributed by atoms with Gasteiger partial charge >= 0.3 is 6.36 Å². The van der Waals surface area contributed by atoms with Crippen LogP contribution in [0.25, 0.3) is 11.3 Å². The number of rotatable bonds is 5. The number of nitrogens with zero attached hydrogens (tertiary/aromatic N) is 2. The number of hydrogen-bond acceptors (Lipinski definition) is 5. The molecule has 0 saturated heterocycles. The Balaban J connectivity index is 1.75. The summed E-state index contributed by atoms with van der Waals surface area (Å²) in [7, 11) is 0. The number of aromatic nitrogens is 1. The van der Waals surface area contributed by atoms with Crippen LogP contribution >= 0.6 is 11.3 Å². The molecule has 0 unspecified atom stereocenters. The number of benzene rings is 2. The summed E-state index contributed by atoms with van der Waals surface area (Å²) in [6.07, 6.45) is -4.38. The molecule has 0 aliphatic rings. The molecular formula is C17H10F5N3OS. The summed E-state index contributed by atoms with van der Waals surface area (Å²) in [4.78, 5) is 4.26. The molecule has 0 aliphatic heterocycles. The molecule has 140 valence electrons. The lowest BCUT2D eigenvalue weighted by molar-refractivity contribution is -0.275. The first kappa shape index (κ1) is 18.8. The van der Waals surface area contributed by atoms with Crippen LogP contribution in [0.5, 0.6) is 5.75 Å². The lowest BCUT2D eigenvalue weighted by atomic mass is 10.2. The molecule has 27 heavy (non-hydrogen) atoms. The number of ether oxygens (including phenoxy) is 1. The standard InChI is InChI=1S/C17H10F5N3OS/c18-12-6-7-14(26-17(20,21)22)15(19)11(12)8-23-25-16-24-13(9-27-16)10-4-2-1-3-5-10/h1-9H,(H,24,25). The van der Waals surface area contributed by atoms with Crippen molar-refractivity contribution in [2.75, 3.05) is 5.43 Å². The number of hydrogen-bond donors (Lipinski definition) is 1. The predicted octanol–water partition coefficient (Wildman–Crippen LogP) is 5.43. The molecule has 1 heterocycles. The lowest BCUT2D eigenvalue weighted by Crippen LogP contribution is -2.18. The van der Waals surface area contributed by atoms with Crippen molar-refractivity contribution in [3.05, 3.63) is 65.0 Å². The first-order valence-corrected chi connectivity index (χ1v) is 8.25. The summed E-state index contributed by atoms with van der Waals surface area (Å²) in [5, 5.41) is 5.73. The predicted molar refractivity (Wildman–Crippen MR) is 91.8 cm³/mol. The SMILES string of the molecule is Fc1ccc(OC(F)(F)F)c(F)c1C=NNc1nc(-c2ccccc2)cs1. The van der Waals surface area contributed by atoms with E-state index in [4.69, 9.17) is 0 Å². The van der Waals surface area contributed by atoms with Crippen molar-refractivity contribution in [3.63, 3.8) is 0 Å². The molecule has 3 rings (SSSR count). The topological polar surface area (TPSA) is 46.5 Å². The van der Waals surface area contributed by atoms with E-state index in [1.165, 1.54) is 11.3 Å². The van der Waals surface area contributed by atoms with Crippen LogP contribution in [0.3, 0.4) is 0 Å². The maximum Gasteiger partial charge on any atom is 0.573 e. The monoisotopic (exact) mass is 399 g/mol. The van der Waals surface area contributed by atoms with Gasteiger partial charge in [-0.3, -0.25) is 5.43 Å². The quantitative estimate of drug-likeness (QED) is 0.353. The van der Waals surface area contributed by atoms with Crippen molar-refractivity contribution in [2.24, 2.45) is 5.10 Å². The molecule has 0 fully saturated rings. The molecular weight excluding hydrogens is 389 g/mol. The second kappa shape index (κ2) is 7.70. The second-order valence-electron chi connectivity index (χ2n) is 5.09. The average Bonchev–Trinajstić information content (AvgIpc) is 3.09. The molecule has 0 saturated carbocycles. The third-order valence-electron chi connectivity index (χ3n) is 3.24. The molecule has 2 aromatic carbocycles. The van der Waals surface area contributed by atoms with Crippen LogP contribution in [0.2, 0.25) is 0 Å². The van der Waals surface area contributed by atoms with E-state index in [1.807, 2.05) is 30.3 Å². The van der Waals surface area contributed by atoms with Gasteiger partial charge in [0.25, 0.3) is 0 Å². The van der Waals surface area contributed by atoms with Gasteiger partial charge in [-0.25, -0.2) is 13.8 Å². The zero-order chi connectivity index (χ0) is 19.4. The third kappa shape index (κ3) is 4.79. The Morgan fingerprint density at radius 2 is 1.81 bits per heavy atom. The van der Waals surface area contributed by atoms with E-state index < -0.39 is 29.3 Å². The normalized spacial score (nSPS) is 11.7. The molecule has 4 nitrogen and oxygen atoms in total. The van der Waals surface area contributed by atoms with Gasteiger partial charge < -0.3 is 4.74 Å². The van der Waals surface area contributed by atoms with E-state index in [0.717, 1.165) is 11.8 Å².